The largest absolute Gasteiger partial charge is 0.543 e. The van der Waals surface area contributed by atoms with Crippen LogP contribution in [0.3, 0.4) is 0 Å². The van der Waals surface area contributed by atoms with Crippen LogP contribution < -0.4 is 21.1 Å². The van der Waals surface area contributed by atoms with Gasteiger partial charge in [0, 0.05) is 36.4 Å². The minimum atomic E-state index is -1.44. The van der Waals surface area contributed by atoms with Crippen molar-refractivity contribution in [1.29, 1.82) is 0 Å². The van der Waals surface area contributed by atoms with Crippen LogP contribution in [-0.4, -0.2) is 87.6 Å². The fourth-order valence-electron chi connectivity index (χ4n) is 5.28. The number of quaternary nitrogens is 1. The van der Waals surface area contributed by atoms with Crippen LogP contribution in [0.5, 0.6) is 0 Å². The maximum absolute atomic E-state index is 13.2. The number of carboxylic acid groups (broad SMARTS) is 1. The van der Waals surface area contributed by atoms with Gasteiger partial charge in [-0.05, 0) is 18.1 Å². The van der Waals surface area contributed by atoms with Crippen LogP contribution in [0.15, 0.2) is 50.8 Å². The third-order valence-corrected chi connectivity index (χ3v) is 9.04. The molecule has 2 amide bonds. The van der Waals surface area contributed by atoms with Gasteiger partial charge in [0.2, 0.25) is 0 Å². The van der Waals surface area contributed by atoms with E-state index in [0.29, 0.717) is 11.3 Å². The zero-order chi connectivity index (χ0) is 28.6. The number of carboxylic acids is 1. The Labute approximate surface area is 239 Å². The molecular formula is C25H30N8O5S2. The van der Waals surface area contributed by atoms with E-state index in [-0.39, 0.29) is 34.9 Å². The van der Waals surface area contributed by atoms with Crippen molar-refractivity contribution in [3.63, 3.8) is 0 Å². The number of hydrogen-bond donors (Lipinski definition) is 3. The highest BCUT2D eigenvalue weighted by Gasteiger charge is 2.53. The molecule has 0 aliphatic carbocycles. The maximum Gasteiger partial charge on any atom is 0.276 e. The molecule has 3 unspecified atom stereocenters. The zero-order valence-corrected chi connectivity index (χ0v) is 23.9. The number of aliphatic imine (C=N–C) groups is 1. The van der Waals surface area contributed by atoms with Crippen molar-refractivity contribution in [1.82, 2.24) is 20.1 Å². The van der Waals surface area contributed by atoms with E-state index in [1.54, 1.807) is 5.38 Å². The van der Waals surface area contributed by atoms with Gasteiger partial charge in [0.05, 0.1) is 18.2 Å². The van der Waals surface area contributed by atoms with E-state index in [1.807, 2.05) is 17.2 Å². The van der Waals surface area contributed by atoms with Gasteiger partial charge >= 0.3 is 0 Å². The smallest absolute Gasteiger partial charge is 0.276 e. The van der Waals surface area contributed by atoms with Crippen molar-refractivity contribution in [2.45, 2.75) is 44.3 Å². The Balaban J connectivity index is 1.34. The third kappa shape index (κ3) is 4.88. The molecule has 1 fully saturated rings. The normalized spacial score (nSPS) is 25.7. The number of carbonyl (C=O) groups excluding carboxylic acids is 3. The number of carbonyl (C=O) groups is 3. The second-order valence-corrected chi connectivity index (χ2v) is 11.5. The van der Waals surface area contributed by atoms with E-state index in [1.165, 1.54) is 28.7 Å². The van der Waals surface area contributed by atoms with Gasteiger partial charge in [-0.3, -0.25) is 19.4 Å². The van der Waals surface area contributed by atoms with Crippen LogP contribution >= 0.6 is 23.1 Å². The number of hydrogen-bond acceptors (Lipinski definition) is 12. The molecule has 0 radical (unpaired) electrons. The fraction of sp³-hybridized carbons (Fsp3) is 0.440. The number of nitrogens with zero attached hydrogens (tertiary/aromatic N) is 5. The summed E-state index contributed by atoms with van der Waals surface area (Å²) in [6, 6.07) is -0.952. The van der Waals surface area contributed by atoms with Gasteiger partial charge in [-0.1, -0.05) is 19.0 Å². The molecule has 5 heterocycles. The second-order valence-electron chi connectivity index (χ2n) is 9.50. The monoisotopic (exact) mass is 586 g/mol. The number of allylic oxidation sites excluding steroid dienone is 2. The predicted molar refractivity (Wildman–Crippen MR) is 149 cm³/mol. The third-order valence-electron chi connectivity index (χ3n) is 7.02. The van der Waals surface area contributed by atoms with Gasteiger partial charge in [-0.25, -0.2) is 9.98 Å². The Kier molecular flexibility index (Phi) is 7.96. The Bertz CT molecular complexity index is 1380. The molecule has 0 spiro atoms. The van der Waals surface area contributed by atoms with Gasteiger partial charge in [-0.2, -0.15) is 0 Å². The van der Waals surface area contributed by atoms with E-state index in [4.69, 9.17) is 15.6 Å². The van der Waals surface area contributed by atoms with Gasteiger partial charge in [0.1, 0.15) is 24.2 Å². The first-order valence-corrected chi connectivity index (χ1v) is 14.8. The molecule has 13 nitrogen and oxygen atoms in total. The van der Waals surface area contributed by atoms with Crippen LogP contribution in [0, 0.1) is 0 Å². The summed E-state index contributed by atoms with van der Waals surface area (Å²) in [5, 5.41) is 19.9. The summed E-state index contributed by atoms with van der Waals surface area (Å²) in [5.74, 6) is -1.51. The fourth-order valence-corrected chi connectivity index (χ4v) is 7.16. The highest BCUT2D eigenvalue weighted by Crippen LogP contribution is 2.40. The number of amidine groups is 1. The molecular weight excluding hydrogens is 556 g/mol. The first kappa shape index (κ1) is 27.9. The summed E-state index contributed by atoms with van der Waals surface area (Å²) in [6.07, 6.45) is 7.88. The van der Waals surface area contributed by atoms with Crippen molar-refractivity contribution < 1.29 is 29.2 Å². The van der Waals surface area contributed by atoms with Gasteiger partial charge in [0.25, 0.3) is 11.8 Å². The number of anilines is 1. The van der Waals surface area contributed by atoms with Crippen molar-refractivity contribution >= 4 is 57.6 Å². The molecule has 212 valence electrons. The summed E-state index contributed by atoms with van der Waals surface area (Å²) in [5.41, 5.74) is 7.22. The summed E-state index contributed by atoms with van der Waals surface area (Å²) in [6.45, 7) is 5.45. The van der Waals surface area contributed by atoms with E-state index >= 15 is 0 Å². The molecule has 0 bridgehead atoms. The first-order valence-electron chi connectivity index (χ1n) is 12.9. The highest BCUT2D eigenvalue weighted by molar-refractivity contribution is 8.00. The summed E-state index contributed by atoms with van der Waals surface area (Å²) in [7, 11) is 1.28. The number of nitrogens with two attached hydrogens (primary N) is 1. The van der Waals surface area contributed by atoms with E-state index in [9.17, 15) is 19.5 Å². The van der Waals surface area contributed by atoms with Crippen LogP contribution in [0.1, 0.15) is 32.4 Å². The number of β-lactam (4-membered cyclic amide) rings is 1. The summed E-state index contributed by atoms with van der Waals surface area (Å²) in [4.78, 5) is 56.7. The van der Waals surface area contributed by atoms with Crippen molar-refractivity contribution in [3.8, 4) is 0 Å². The predicted octanol–water partition coefficient (Wildman–Crippen LogP) is -1.36. The lowest BCUT2D eigenvalue weighted by molar-refractivity contribution is -0.877. The molecule has 4 atom stereocenters. The summed E-state index contributed by atoms with van der Waals surface area (Å²) < 4.78 is 0. The number of amides is 2. The molecule has 15 heteroatoms. The van der Waals surface area contributed by atoms with E-state index in [0.717, 1.165) is 42.3 Å². The lowest BCUT2D eigenvalue weighted by atomic mass is 10.0. The zero-order valence-electron chi connectivity index (χ0n) is 22.2. The highest BCUT2D eigenvalue weighted by atomic mass is 32.2. The number of rotatable bonds is 10. The van der Waals surface area contributed by atoms with Crippen molar-refractivity contribution in [2.75, 3.05) is 31.7 Å². The molecule has 0 saturated carbocycles. The molecule has 4 aliphatic heterocycles. The second kappa shape index (κ2) is 11.4. The van der Waals surface area contributed by atoms with E-state index in [2.05, 4.69) is 35.4 Å². The molecule has 0 aromatic carbocycles. The van der Waals surface area contributed by atoms with Gasteiger partial charge < -0.3 is 30.7 Å². The molecule has 4 N–H and O–H groups in total. The lowest BCUT2D eigenvalue weighted by Crippen LogP contribution is -3.12. The van der Waals surface area contributed by atoms with Gasteiger partial charge in [0.15, 0.2) is 28.5 Å². The average Bonchev–Trinajstić information content (AvgIpc) is 3.53. The van der Waals surface area contributed by atoms with Crippen molar-refractivity contribution in [3.05, 3.63) is 46.4 Å². The molecule has 1 saturated heterocycles. The van der Waals surface area contributed by atoms with Crippen LogP contribution in [0.2, 0.25) is 0 Å². The van der Waals surface area contributed by atoms with Crippen LogP contribution in [-0.2, 0) is 19.2 Å². The molecule has 5 rings (SSSR count). The molecule has 40 heavy (non-hydrogen) atoms. The maximum atomic E-state index is 13.2. The average molecular weight is 587 g/mol. The van der Waals surface area contributed by atoms with E-state index < -0.39 is 29.2 Å². The minimum absolute atomic E-state index is 0.108. The number of nitrogen functional groups attached to an aromatic ring is 1. The molecule has 4 aliphatic rings. The first-order chi connectivity index (χ1) is 19.3. The number of oxime groups is 1. The topological polar surface area (TPSA) is 170 Å². The molecule has 1 aromatic heterocycles. The number of thioether (sulfide) groups is 1. The number of fused-ring (bicyclic) bond motifs is 2. The quantitative estimate of drug-likeness (QED) is 0.170. The molecule has 1 aromatic rings. The van der Waals surface area contributed by atoms with Crippen LogP contribution in [0.25, 0.3) is 0 Å². The Morgan fingerprint density at radius 1 is 1.38 bits per heavy atom. The Hall–Kier alpha value is -3.69. The van der Waals surface area contributed by atoms with Crippen LogP contribution in [0.4, 0.5) is 5.13 Å². The number of nitrogens with one attached hydrogen (secondary N) is 2. The van der Waals surface area contributed by atoms with Crippen molar-refractivity contribution in [2.24, 2.45) is 10.1 Å². The number of thiazole rings is 1. The number of aromatic nitrogens is 1. The Morgan fingerprint density at radius 2 is 2.17 bits per heavy atom. The minimum Gasteiger partial charge on any atom is -0.543 e. The van der Waals surface area contributed by atoms with Gasteiger partial charge in [-0.15, -0.1) is 23.1 Å². The Morgan fingerprint density at radius 3 is 2.83 bits per heavy atom. The lowest BCUT2D eigenvalue weighted by Gasteiger charge is -2.51. The SMILES string of the molecule is CCC[NH+]1C2=CC=CN(CC3=C(C(=O)[O-])N4C(=O)C(NC(=O)C(=NOC)c5csc(N)n5)[C@H]4SC3)C2=NC1CC. The summed E-state index contributed by atoms with van der Waals surface area (Å²) >= 11 is 2.51. The standard InChI is InChI=1S/C25H30N8O5S2/c1-4-8-32-15-7-6-9-31(20(15)28-16(32)5-2)10-13-11-39-23-18(22(35)33(23)19(13)24(36)37)29-21(34)17(30-38-3)14-12-40-25(26)27-14/h6-7,9,12,16,18,23H,4-5,8,10-11H2,1-3H3,(H2,26,27)(H,29,34)(H,36,37)/t16?,18?,23-/m1/s1. The number of aliphatic carboxylic acids is 1.